The number of rotatable bonds is 23. The monoisotopic (exact) mass is 500 g/mol. The minimum absolute atomic E-state index is 0.693. The van der Waals surface area contributed by atoms with E-state index in [0.717, 1.165) is 89.3 Å². The van der Waals surface area contributed by atoms with E-state index >= 15 is 0 Å². The van der Waals surface area contributed by atoms with Gasteiger partial charge in [0.1, 0.15) is 5.75 Å². The van der Waals surface area contributed by atoms with Crippen molar-refractivity contribution in [3.05, 3.63) is 36.7 Å². The summed E-state index contributed by atoms with van der Waals surface area (Å²) in [6, 6.07) is 7.98. The molecule has 1 heterocycles. The first-order chi connectivity index (χ1) is 17.8. The van der Waals surface area contributed by atoms with E-state index in [1.807, 2.05) is 24.3 Å². The number of benzene rings is 1. The Balaban J connectivity index is 1.53. The molecule has 36 heavy (non-hydrogen) atoms. The van der Waals surface area contributed by atoms with Gasteiger partial charge < -0.3 is 18.9 Å². The summed E-state index contributed by atoms with van der Waals surface area (Å²) in [6.45, 7) is 9.36. The fraction of sp³-hybridized carbons (Fsp3) is 0.667. The average molecular weight is 501 g/mol. The molecule has 0 radical (unpaired) electrons. The molecular formula is C30H48N2O4. The SMILES string of the molecule is CCCCOCCCCCCOc1ccc(-c2ncc(OCCCCCCOCCCC)cn2)cc1. The van der Waals surface area contributed by atoms with Crippen molar-refractivity contribution in [2.24, 2.45) is 0 Å². The van der Waals surface area contributed by atoms with E-state index in [-0.39, 0.29) is 0 Å². The molecule has 1 aromatic carbocycles. The van der Waals surface area contributed by atoms with E-state index in [9.17, 15) is 0 Å². The number of unbranched alkanes of at least 4 members (excludes halogenated alkanes) is 8. The second kappa shape index (κ2) is 21.0. The van der Waals surface area contributed by atoms with Crippen molar-refractivity contribution in [3.8, 4) is 22.9 Å². The van der Waals surface area contributed by atoms with Crippen molar-refractivity contribution < 1.29 is 18.9 Å². The highest BCUT2D eigenvalue weighted by molar-refractivity contribution is 5.56. The molecule has 0 saturated carbocycles. The van der Waals surface area contributed by atoms with Gasteiger partial charge in [0, 0.05) is 32.0 Å². The zero-order valence-electron chi connectivity index (χ0n) is 22.7. The molecule has 0 atom stereocenters. The van der Waals surface area contributed by atoms with Gasteiger partial charge in [-0.05, 0) is 75.6 Å². The number of nitrogens with zero attached hydrogens (tertiary/aromatic N) is 2. The Morgan fingerprint density at radius 3 is 1.44 bits per heavy atom. The van der Waals surface area contributed by atoms with Crippen molar-refractivity contribution in [2.45, 2.75) is 90.9 Å². The topological polar surface area (TPSA) is 62.7 Å². The molecule has 0 unspecified atom stereocenters. The van der Waals surface area contributed by atoms with Gasteiger partial charge in [-0.25, -0.2) is 9.97 Å². The maximum absolute atomic E-state index is 5.88. The Morgan fingerprint density at radius 1 is 0.500 bits per heavy atom. The third-order valence-electron chi connectivity index (χ3n) is 5.93. The third-order valence-corrected chi connectivity index (χ3v) is 5.93. The number of ether oxygens (including phenoxy) is 4. The first-order valence-electron chi connectivity index (χ1n) is 14.2. The summed E-state index contributed by atoms with van der Waals surface area (Å²) in [5, 5.41) is 0. The highest BCUT2D eigenvalue weighted by atomic mass is 16.5. The molecule has 0 spiro atoms. The molecule has 0 N–H and O–H groups in total. The van der Waals surface area contributed by atoms with Gasteiger partial charge in [-0.1, -0.05) is 39.5 Å². The summed E-state index contributed by atoms with van der Waals surface area (Å²) in [7, 11) is 0. The normalized spacial score (nSPS) is 11.1. The Hall–Kier alpha value is -2.18. The molecule has 0 saturated heterocycles. The average Bonchev–Trinajstić information content (AvgIpc) is 2.91. The van der Waals surface area contributed by atoms with Crippen LogP contribution in [0.4, 0.5) is 0 Å². The van der Waals surface area contributed by atoms with Crippen molar-refractivity contribution >= 4 is 0 Å². The number of hydrogen-bond donors (Lipinski definition) is 0. The summed E-state index contributed by atoms with van der Waals surface area (Å²) in [5.74, 6) is 2.29. The summed E-state index contributed by atoms with van der Waals surface area (Å²) < 4.78 is 22.9. The highest BCUT2D eigenvalue weighted by Crippen LogP contribution is 2.21. The Bertz CT molecular complexity index is 687. The van der Waals surface area contributed by atoms with E-state index in [2.05, 4.69) is 23.8 Å². The number of aromatic nitrogens is 2. The van der Waals surface area contributed by atoms with Crippen LogP contribution in [0.1, 0.15) is 90.9 Å². The quantitative estimate of drug-likeness (QED) is 0.146. The Labute approximate surface area is 219 Å². The van der Waals surface area contributed by atoms with Gasteiger partial charge in [-0.2, -0.15) is 0 Å². The lowest BCUT2D eigenvalue weighted by Gasteiger charge is -2.08. The minimum Gasteiger partial charge on any atom is -0.494 e. The first-order valence-corrected chi connectivity index (χ1v) is 14.2. The highest BCUT2D eigenvalue weighted by Gasteiger charge is 2.04. The molecule has 0 amide bonds. The molecule has 2 aromatic rings. The summed E-state index contributed by atoms with van der Waals surface area (Å²) in [4.78, 5) is 8.93. The molecule has 1 aromatic heterocycles. The van der Waals surface area contributed by atoms with Crippen molar-refractivity contribution in [1.82, 2.24) is 9.97 Å². The van der Waals surface area contributed by atoms with Gasteiger partial charge in [-0.3, -0.25) is 0 Å². The fourth-order valence-corrected chi connectivity index (χ4v) is 3.64. The molecule has 0 aliphatic rings. The Kier molecular flexibility index (Phi) is 17.5. The molecule has 0 bridgehead atoms. The Morgan fingerprint density at radius 2 is 0.944 bits per heavy atom. The van der Waals surface area contributed by atoms with Crippen LogP contribution in [-0.4, -0.2) is 49.6 Å². The van der Waals surface area contributed by atoms with E-state index in [0.29, 0.717) is 18.2 Å². The molecule has 6 nitrogen and oxygen atoms in total. The maximum atomic E-state index is 5.88. The van der Waals surface area contributed by atoms with Crippen LogP contribution in [0.5, 0.6) is 11.5 Å². The summed E-state index contributed by atoms with van der Waals surface area (Å²) in [6.07, 6.45) is 17.3. The van der Waals surface area contributed by atoms with Gasteiger partial charge in [0.25, 0.3) is 0 Å². The van der Waals surface area contributed by atoms with Crippen LogP contribution in [0.3, 0.4) is 0 Å². The van der Waals surface area contributed by atoms with Gasteiger partial charge in [0.05, 0.1) is 25.6 Å². The largest absolute Gasteiger partial charge is 0.494 e. The van der Waals surface area contributed by atoms with Crippen LogP contribution in [0.25, 0.3) is 11.4 Å². The van der Waals surface area contributed by atoms with Crippen molar-refractivity contribution in [2.75, 3.05) is 39.6 Å². The molecular weight excluding hydrogens is 452 g/mol. The standard InChI is InChI=1S/C30H48N2O4/c1-3-5-19-33-21-11-7-9-13-23-35-28-17-15-27(16-18-28)30-31-25-29(26-32-30)36-24-14-10-8-12-22-34-20-6-4-2/h15-18,25-26H,3-14,19-24H2,1-2H3. The van der Waals surface area contributed by atoms with Gasteiger partial charge in [0.15, 0.2) is 11.6 Å². The molecule has 0 fully saturated rings. The molecule has 202 valence electrons. The second-order valence-electron chi connectivity index (χ2n) is 9.22. The molecule has 0 aliphatic heterocycles. The van der Waals surface area contributed by atoms with Crippen LogP contribution in [0.15, 0.2) is 36.7 Å². The van der Waals surface area contributed by atoms with Crippen molar-refractivity contribution in [1.29, 1.82) is 0 Å². The summed E-state index contributed by atoms with van der Waals surface area (Å²) in [5.41, 5.74) is 0.970. The van der Waals surface area contributed by atoms with Crippen LogP contribution < -0.4 is 9.47 Å². The lowest BCUT2D eigenvalue weighted by molar-refractivity contribution is 0.126. The second-order valence-corrected chi connectivity index (χ2v) is 9.22. The number of hydrogen-bond acceptors (Lipinski definition) is 6. The van der Waals surface area contributed by atoms with Gasteiger partial charge in [0.2, 0.25) is 0 Å². The minimum atomic E-state index is 0.693. The smallest absolute Gasteiger partial charge is 0.159 e. The van der Waals surface area contributed by atoms with Crippen LogP contribution in [-0.2, 0) is 9.47 Å². The first kappa shape index (κ1) is 30.0. The molecule has 2 rings (SSSR count). The lowest BCUT2D eigenvalue weighted by Crippen LogP contribution is -2.00. The van der Waals surface area contributed by atoms with Crippen LogP contribution >= 0.6 is 0 Å². The van der Waals surface area contributed by atoms with E-state index in [1.165, 1.54) is 32.1 Å². The van der Waals surface area contributed by atoms with Gasteiger partial charge >= 0.3 is 0 Å². The zero-order chi connectivity index (χ0) is 25.5. The molecule has 0 aliphatic carbocycles. The molecule has 6 heteroatoms. The van der Waals surface area contributed by atoms with Crippen LogP contribution in [0, 0.1) is 0 Å². The lowest BCUT2D eigenvalue weighted by atomic mass is 10.2. The van der Waals surface area contributed by atoms with E-state index in [1.54, 1.807) is 12.4 Å². The van der Waals surface area contributed by atoms with E-state index in [4.69, 9.17) is 18.9 Å². The predicted molar refractivity (Wildman–Crippen MR) is 147 cm³/mol. The summed E-state index contributed by atoms with van der Waals surface area (Å²) >= 11 is 0. The van der Waals surface area contributed by atoms with E-state index < -0.39 is 0 Å². The van der Waals surface area contributed by atoms with Gasteiger partial charge in [-0.15, -0.1) is 0 Å². The van der Waals surface area contributed by atoms with Crippen LogP contribution in [0.2, 0.25) is 0 Å². The third kappa shape index (κ3) is 14.4. The predicted octanol–water partition coefficient (Wildman–Crippen LogP) is 7.66. The fourth-order valence-electron chi connectivity index (χ4n) is 3.64. The zero-order valence-corrected chi connectivity index (χ0v) is 22.7. The van der Waals surface area contributed by atoms with Crippen molar-refractivity contribution in [3.63, 3.8) is 0 Å². The maximum Gasteiger partial charge on any atom is 0.159 e.